The predicted octanol–water partition coefficient (Wildman–Crippen LogP) is 1.15. The minimum absolute atomic E-state index is 0.260. The van der Waals surface area contributed by atoms with E-state index in [0.29, 0.717) is 0 Å². The van der Waals surface area contributed by atoms with Gasteiger partial charge in [0.05, 0.1) is 0 Å². The molecule has 0 nitrogen and oxygen atoms in total. The highest BCUT2D eigenvalue weighted by molar-refractivity contribution is 7.88. The molecule has 0 aliphatic carbocycles. The van der Waals surface area contributed by atoms with Crippen LogP contribution in [0.2, 0.25) is 0 Å². The van der Waals surface area contributed by atoms with Crippen LogP contribution >= 0.6 is 20.2 Å². The van der Waals surface area contributed by atoms with Crippen molar-refractivity contribution in [1.29, 1.82) is 0 Å². The second-order valence-electron chi connectivity index (χ2n) is 1.12. The first kappa shape index (κ1) is 5.65. The van der Waals surface area contributed by atoms with Gasteiger partial charge in [0.2, 0.25) is 0 Å². The molecule has 5 heavy (non-hydrogen) atoms. The van der Waals surface area contributed by atoms with Gasteiger partial charge in [-0.1, -0.05) is 0 Å². The second kappa shape index (κ2) is 2.87. The van der Waals surface area contributed by atoms with Gasteiger partial charge in [0.1, 0.15) is 0 Å². The Morgan fingerprint density at radius 3 is 2.20 bits per heavy atom. The first-order valence-electron chi connectivity index (χ1n) is 1.52. The van der Waals surface area contributed by atoms with E-state index in [2.05, 4.69) is 25.6 Å². The molecular weight excluding hydrogens is 99.1 g/mol. The zero-order valence-electron chi connectivity index (χ0n) is 3.36. The van der Waals surface area contributed by atoms with E-state index in [1.807, 2.05) is 0 Å². The SMILES string of the molecule is C=[PH](C)CS. The zero-order valence-corrected chi connectivity index (χ0v) is 5.26. The van der Waals surface area contributed by atoms with Gasteiger partial charge in [-0.15, -0.1) is 13.8 Å². The quantitative estimate of drug-likeness (QED) is 0.378. The third-order valence-electron chi connectivity index (χ3n) is 0.270. The molecule has 1 unspecified atom stereocenters. The average molecular weight is 108 g/mol. The first-order valence-corrected chi connectivity index (χ1v) is 4.57. The molecule has 32 valence electrons. The Balaban J connectivity index is 2.85. The Morgan fingerprint density at radius 1 is 2.00 bits per heavy atom. The van der Waals surface area contributed by atoms with Crippen LogP contribution in [0.25, 0.3) is 0 Å². The summed E-state index contributed by atoms with van der Waals surface area (Å²) in [6.07, 6.45) is 3.78. The molecular formula is C3H9PS. The number of hydrogen-bond donors (Lipinski definition) is 1. The van der Waals surface area contributed by atoms with Crippen molar-refractivity contribution in [3.05, 3.63) is 0 Å². The molecule has 0 rings (SSSR count). The molecule has 0 spiro atoms. The molecule has 0 fully saturated rings. The lowest BCUT2D eigenvalue weighted by Gasteiger charge is -1.81. The summed E-state index contributed by atoms with van der Waals surface area (Å²) in [5, 5.41) is 0. The normalized spacial score (nSPS) is 14.8. The van der Waals surface area contributed by atoms with Crippen molar-refractivity contribution in [3.8, 4) is 0 Å². The van der Waals surface area contributed by atoms with Crippen LogP contribution in [0, 0.1) is 0 Å². The summed E-state index contributed by atoms with van der Waals surface area (Å²) < 4.78 is 0. The minimum Gasteiger partial charge on any atom is -0.175 e. The van der Waals surface area contributed by atoms with E-state index in [4.69, 9.17) is 0 Å². The smallest absolute Gasteiger partial charge is 0.00702 e. The van der Waals surface area contributed by atoms with Crippen molar-refractivity contribution < 1.29 is 0 Å². The number of thiol groups is 1. The molecule has 2 heteroatoms. The van der Waals surface area contributed by atoms with E-state index in [0.717, 1.165) is 5.49 Å². The summed E-state index contributed by atoms with van der Waals surface area (Å²) in [4.78, 5) is 0. The lowest BCUT2D eigenvalue weighted by Crippen LogP contribution is -1.51. The van der Waals surface area contributed by atoms with Crippen LogP contribution in [-0.4, -0.2) is 18.5 Å². The van der Waals surface area contributed by atoms with E-state index >= 15 is 0 Å². The van der Waals surface area contributed by atoms with Crippen molar-refractivity contribution in [2.24, 2.45) is 0 Å². The van der Waals surface area contributed by atoms with Gasteiger partial charge in [-0.05, 0) is 6.66 Å². The van der Waals surface area contributed by atoms with E-state index < -0.39 is 0 Å². The Morgan fingerprint density at radius 2 is 2.20 bits per heavy atom. The third kappa shape index (κ3) is 4.65. The summed E-state index contributed by atoms with van der Waals surface area (Å²) >= 11 is 4.00. The first-order chi connectivity index (χ1) is 2.27. The maximum Gasteiger partial charge on any atom is 0.00702 e. The molecule has 0 radical (unpaired) electrons. The maximum absolute atomic E-state index is 4.00. The van der Waals surface area contributed by atoms with Gasteiger partial charge in [0.15, 0.2) is 0 Å². The monoisotopic (exact) mass is 108 g/mol. The molecule has 0 heterocycles. The van der Waals surface area contributed by atoms with Crippen molar-refractivity contribution >= 4 is 26.5 Å². The molecule has 0 saturated heterocycles. The van der Waals surface area contributed by atoms with Crippen LogP contribution in [0.1, 0.15) is 0 Å². The molecule has 0 aromatic heterocycles. The summed E-state index contributed by atoms with van der Waals surface area (Å²) in [5.74, 6) is 0. The van der Waals surface area contributed by atoms with Gasteiger partial charge in [0, 0.05) is 5.49 Å². The summed E-state index contributed by atoms with van der Waals surface area (Å²) in [5.41, 5.74) is 0.991. The maximum atomic E-state index is 4.00. The van der Waals surface area contributed by atoms with E-state index in [9.17, 15) is 0 Å². The van der Waals surface area contributed by atoms with Gasteiger partial charge in [0.25, 0.3) is 0 Å². The summed E-state index contributed by atoms with van der Waals surface area (Å²) in [6.45, 7) is 2.14. The van der Waals surface area contributed by atoms with E-state index in [1.54, 1.807) is 0 Å². The van der Waals surface area contributed by atoms with Gasteiger partial charge in [-0.3, -0.25) is 0 Å². The van der Waals surface area contributed by atoms with Gasteiger partial charge < -0.3 is 0 Å². The molecule has 0 N–H and O–H groups in total. The fraction of sp³-hybridized carbons (Fsp3) is 0.667. The van der Waals surface area contributed by atoms with Crippen LogP contribution in [0.5, 0.6) is 0 Å². The molecule has 0 aromatic rings. The van der Waals surface area contributed by atoms with Crippen LogP contribution in [0.3, 0.4) is 0 Å². The number of hydrogen-bond acceptors (Lipinski definition) is 1. The molecule has 0 saturated carbocycles. The topological polar surface area (TPSA) is 0 Å². The Bertz CT molecular complexity index is 42.2. The highest BCUT2D eigenvalue weighted by Gasteiger charge is 1.66. The Labute approximate surface area is 39.4 Å². The standard InChI is InChI=1S/C3H9PS/c1-4(2)3-5/h4-5H,1,3H2,2H3. The lowest BCUT2D eigenvalue weighted by molar-refractivity contribution is 2.20. The van der Waals surface area contributed by atoms with Crippen LogP contribution in [0.15, 0.2) is 0 Å². The summed E-state index contributed by atoms with van der Waals surface area (Å²) in [7, 11) is -0.260. The lowest BCUT2D eigenvalue weighted by atomic mass is 11.9. The van der Waals surface area contributed by atoms with E-state index in [1.165, 1.54) is 0 Å². The van der Waals surface area contributed by atoms with Crippen molar-refractivity contribution in [3.63, 3.8) is 0 Å². The van der Waals surface area contributed by atoms with Gasteiger partial charge in [-0.2, -0.15) is 12.6 Å². The number of rotatable bonds is 1. The van der Waals surface area contributed by atoms with Gasteiger partial charge in [-0.25, -0.2) is 0 Å². The molecule has 0 amide bonds. The van der Waals surface area contributed by atoms with Gasteiger partial charge >= 0.3 is 0 Å². The zero-order chi connectivity index (χ0) is 4.28. The van der Waals surface area contributed by atoms with Crippen LogP contribution in [-0.2, 0) is 0 Å². The molecule has 0 aromatic carbocycles. The van der Waals surface area contributed by atoms with Crippen molar-refractivity contribution in [2.75, 3.05) is 12.2 Å². The van der Waals surface area contributed by atoms with Crippen LogP contribution < -0.4 is 0 Å². The molecule has 1 atom stereocenters. The molecule has 0 aliphatic heterocycles. The highest BCUT2D eigenvalue weighted by atomic mass is 32.1. The molecule has 0 aliphatic rings. The second-order valence-corrected chi connectivity index (χ2v) is 4.29. The van der Waals surface area contributed by atoms with Crippen molar-refractivity contribution in [1.82, 2.24) is 0 Å². The fourth-order valence-corrected chi connectivity index (χ4v) is 0. The average Bonchev–Trinajstić information content (AvgIpc) is 1.38. The predicted molar refractivity (Wildman–Crippen MR) is 35.2 cm³/mol. The Kier molecular flexibility index (Phi) is 3.24. The van der Waals surface area contributed by atoms with E-state index in [-0.39, 0.29) is 7.55 Å². The fourth-order valence-electron chi connectivity index (χ4n) is 0. The summed E-state index contributed by atoms with van der Waals surface area (Å²) in [6, 6.07) is 0. The molecule has 0 bridgehead atoms. The van der Waals surface area contributed by atoms with Crippen molar-refractivity contribution in [2.45, 2.75) is 0 Å². The Hall–Kier alpha value is 0.650. The van der Waals surface area contributed by atoms with Crippen LogP contribution in [0.4, 0.5) is 0 Å². The highest BCUT2D eigenvalue weighted by Crippen LogP contribution is 2.11. The minimum atomic E-state index is -0.260. The largest absolute Gasteiger partial charge is 0.175 e. The third-order valence-corrected chi connectivity index (χ3v) is 2.43.